The van der Waals surface area contributed by atoms with Crippen molar-refractivity contribution in [1.82, 2.24) is 14.4 Å². The number of nitrogens with zero attached hydrogens (tertiary/aromatic N) is 3. The lowest BCUT2D eigenvalue weighted by Crippen LogP contribution is -2.22. The Morgan fingerprint density at radius 2 is 1.77 bits per heavy atom. The second-order valence-corrected chi connectivity index (χ2v) is 9.29. The minimum Gasteiger partial charge on any atom is -0.493 e. The van der Waals surface area contributed by atoms with Crippen molar-refractivity contribution in [2.45, 2.75) is 25.3 Å². The number of hydrogen-bond donors (Lipinski definition) is 1. The molecule has 10 heteroatoms. The van der Waals surface area contributed by atoms with Crippen LogP contribution >= 0.6 is 0 Å². The Labute approximate surface area is 182 Å². The number of aromatic nitrogens is 2. The van der Waals surface area contributed by atoms with Gasteiger partial charge in [-0.1, -0.05) is 5.16 Å². The average Bonchev–Trinajstić information content (AvgIpc) is 3.22. The number of methoxy groups -OCH3 is 2. The van der Waals surface area contributed by atoms with Crippen LogP contribution in [-0.2, 0) is 16.6 Å². The van der Waals surface area contributed by atoms with Crippen LogP contribution in [0.1, 0.15) is 17.0 Å². The first-order valence-electron chi connectivity index (χ1n) is 9.50. The highest BCUT2D eigenvalue weighted by atomic mass is 32.2. The summed E-state index contributed by atoms with van der Waals surface area (Å²) < 4.78 is 42.1. The summed E-state index contributed by atoms with van der Waals surface area (Å²) in [5.74, 6) is 1.95. The number of sulfonamides is 1. The summed E-state index contributed by atoms with van der Waals surface area (Å²) in [6.45, 7) is 4.04. The normalized spacial score (nSPS) is 11.6. The van der Waals surface area contributed by atoms with Gasteiger partial charge in [0.25, 0.3) is 0 Å². The van der Waals surface area contributed by atoms with E-state index in [0.29, 0.717) is 28.9 Å². The van der Waals surface area contributed by atoms with Gasteiger partial charge >= 0.3 is 0 Å². The van der Waals surface area contributed by atoms with Gasteiger partial charge in [0.15, 0.2) is 11.5 Å². The number of aryl methyl sites for hydroxylation is 1. The topological polar surface area (TPSA) is 107 Å². The predicted molar refractivity (Wildman–Crippen MR) is 117 cm³/mol. The van der Waals surface area contributed by atoms with Gasteiger partial charge in [0.05, 0.1) is 25.7 Å². The second kappa shape index (κ2) is 8.94. The van der Waals surface area contributed by atoms with Crippen LogP contribution in [0.5, 0.6) is 11.5 Å². The average molecular weight is 447 g/mol. The minimum absolute atomic E-state index is 0.222. The van der Waals surface area contributed by atoms with Crippen LogP contribution in [0.3, 0.4) is 0 Å². The van der Waals surface area contributed by atoms with E-state index in [1.54, 1.807) is 38.5 Å². The van der Waals surface area contributed by atoms with Crippen LogP contribution in [0.4, 0.5) is 5.69 Å². The largest absolute Gasteiger partial charge is 0.493 e. The Morgan fingerprint density at radius 1 is 1.06 bits per heavy atom. The fraction of sp³-hybridized carbons (Fsp3) is 0.333. The molecule has 0 aliphatic heterocycles. The Balaban J connectivity index is 1.82. The SMILES string of the molecule is COc1ccc(-c2noc(CNc3cc(S(=O)(=O)N(C)C)cc(C)c3C)n2)cc1OC. The fourth-order valence-electron chi connectivity index (χ4n) is 2.96. The van der Waals surface area contributed by atoms with Crippen molar-refractivity contribution in [2.75, 3.05) is 33.6 Å². The first kappa shape index (κ1) is 22.6. The molecule has 0 unspecified atom stereocenters. The summed E-state index contributed by atoms with van der Waals surface area (Å²) in [5, 5.41) is 7.23. The lowest BCUT2D eigenvalue weighted by molar-refractivity contribution is 0.355. The molecule has 3 rings (SSSR count). The highest BCUT2D eigenvalue weighted by Gasteiger charge is 2.20. The van der Waals surface area contributed by atoms with E-state index < -0.39 is 10.0 Å². The standard InChI is InChI=1S/C21H26N4O5S/c1-13-9-16(31(26,27)25(3)4)11-17(14(13)2)22-12-20-23-21(24-30-20)15-7-8-18(28-5)19(10-15)29-6/h7-11,22H,12H2,1-6H3. The summed E-state index contributed by atoms with van der Waals surface area (Å²) in [4.78, 5) is 4.64. The zero-order valence-corrected chi connectivity index (χ0v) is 19.2. The number of ether oxygens (including phenoxy) is 2. The highest BCUT2D eigenvalue weighted by Crippen LogP contribution is 2.31. The van der Waals surface area contributed by atoms with Crippen LogP contribution in [0.25, 0.3) is 11.4 Å². The van der Waals surface area contributed by atoms with E-state index in [2.05, 4.69) is 15.5 Å². The molecule has 0 atom stereocenters. The zero-order valence-electron chi connectivity index (χ0n) is 18.4. The summed E-state index contributed by atoms with van der Waals surface area (Å²) in [6, 6.07) is 8.63. The molecule has 0 saturated carbocycles. The minimum atomic E-state index is -3.55. The third-order valence-corrected chi connectivity index (χ3v) is 6.75. The van der Waals surface area contributed by atoms with E-state index in [0.717, 1.165) is 16.7 Å². The lowest BCUT2D eigenvalue weighted by Gasteiger charge is -2.16. The molecule has 0 amide bonds. The quantitative estimate of drug-likeness (QED) is 0.562. The molecule has 0 radical (unpaired) electrons. The molecule has 0 spiro atoms. The summed E-state index contributed by atoms with van der Waals surface area (Å²) in [5.41, 5.74) is 3.21. The van der Waals surface area contributed by atoms with Crippen LogP contribution < -0.4 is 14.8 Å². The van der Waals surface area contributed by atoms with Gasteiger partial charge in [-0.15, -0.1) is 0 Å². The predicted octanol–water partition coefficient (Wildman–Crippen LogP) is 3.23. The van der Waals surface area contributed by atoms with E-state index in [1.807, 2.05) is 19.9 Å². The number of hydrogen-bond acceptors (Lipinski definition) is 8. The maximum atomic E-state index is 12.5. The first-order chi connectivity index (χ1) is 14.7. The molecule has 9 nitrogen and oxygen atoms in total. The lowest BCUT2D eigenvalue weighted by atomic mass is 10.1. The number of anilines is 1. The number of rotatable bonds is 8. The van der Waals surface area contributed by atoms with E-state index in [9.17, 15) is 8.42 Å². The molecule has 31 heavy (non-hydrogen) atoms. The van der Waals surface area contributed by atoms with Gasteiger partial charge in [-0.05, 0) is 55.3 Å². The Kier molecular flexibility index (Phi) is 6.51. The summed E-state index contributed by atoms with van der Waals surface area (Å²) in [6.07, 6.45) is 0. The maximum Gasteiger partial charge on any atom is 0.246 e. The molecule has 1 heterocycles. The van der Waals surface area contributed by atoms with Gasteiger partial charge in [-0.3, -0.25) is 0 Å². The van der Waals surface area contributed by atoms with Crippen LogP contribution in [0.15, 0.2) is 39.8 Å². The first-order valence-corrected chi connectivity index (χ1v) is 10.9. The van der Waals surface area contributed by atoms with Crippen molar-refractivity contribution in [2.24, 2.45) is 0 Å². The number of nitrogens with one attached hydrogen (secondary N) is 1. The Bertz CT molecular complexity index is 1190. The second-order valence-electron chi connectivity index (χ2n) is 7.14. The molecule has 3 aromatic rings. The summed E-state index contributed by atoms with van der Waals surface area (Å²) >= 11 is 0. The maximum absolute atomic E-state index is 12.5. The molecule has 0 saturated heterocycles. The van der Waals surface area contributed by atoms with Crippen LogP contribution in [-0.4, -0.2) is 51.2 Å². The van der Waals surface area contributed by atoms with Gasteiger partial charge in [-0.25, -0.2) is 12.7 Å². The summed E-state index contributed by atoms with van der Waals surface area (Å²) in [7, 11) is 2.59. The van der Waals surface area contributed by atoms with Crippen molar-refractivity contribution >= 4 is 15.7 Å². The molecule has 0 aliphatic rings. The fourth-order valence-corrected chi connectivity index (χ4v) is 3.97. The van der Waals surface area contributed by atoms with Crippen molar-refractivity contribution in [3.8, 4) is 22.9 Å². The highest BCUT2D eigenvalue weighted by molar-refractivity contribution is 7.89. The van der Waals surface area contributed by atoms with Crippen LogP contribution in [0.2, 0.25) is 0 Å². The van der Waals surface area contributed by atoms with E-state index in [4.69, 9.17) is 14.0 Å². The molecule has 1 N–H and O–H groups in total. The molecule has 1 aromatic heterocycles. The van der Waals surface area contributed by atoms with Gasteiger partial charge in [0, 0.05) is 25.3 Å². The van der Waals surface area contributed by atoms with Gasteiger partial charge in [0.1, 0.15) is 0 Å². The zero-order chi connectivity index (χ0) is 22.8. The Morgan fingerprint density at radius 3 is 2.42 bits per heavy atom. The monoisotopic (exact) mass is 446 g/mol. The molecular weight excluding hydrogens is 420 g/mol. The third-order valence-electron chi connectivity index (χ3n) is 4.96. The van der Waals surface area contributed by atoms with E-state index in [-0.39, 0.29) is 11.4 Å². The third kappa shape index (κ3) is 4.64. The van der Waals surface area contributed by atoms with Crippen LogP contribution in [0, 0.1) is 13.8 Å². The van der Waals surface area contributed by atoms with Gasteiger partial charge in [-0.2, -0.15) is 4.98 Å². The van der Waals surface area contributed by atoms with E-state index >= 15 is 0 Å². The molecule has 2 aromatic carbocycles. The van der Waals surface area contributed by atoms with Gasteiger partial charge < -0.3 is 19.3 Å². The van der Waals surface area contributed by atoms with E-state index in [1.165, 1.54) is 18.4 Å². The Hall–Kier alpha value is -3.11. The van der Waals surface area contributed by atoms with Gasteiger partial charge in [0.2, 0.25) is 21.7 Å². The van der Waals surface area contributed by atoms with Crippen molar-refractivity contribution in [3.63, 3.8) is 0 Å². The molecule has 0 fully saturated rings. The van der Waals surface area contributed by atoms with Crippen molar-refractivity contribution in [3.05, 3.63) is 47.3 Å². The van der Waals surface area contributed by atoms with Crippen molar-refractivity contribution < 1.29 is 22.4 Å². The smallest absolute Gasteiger partial charge is 0.246 e. The van der Waals surface area contributed by atoms with Crippen molar-refractivity contribution in [1.29, 1.82) is 0 Å². The number of benzene rings is 2. The molecule has 166 valence electrons. The molecule has 0 bridgehead atoms. The molecular formula is C21H26N4O5S. The molecule has 0 aliphatic carbocycles.